The van der Waals surface area contributed by atoms with Crippen LogP contribution in [0.4, 0.5) is 5.69 Å². The van der Waals surface area contributed by atoms with Gasteiger partial charge in [-0.1, -0.05) is 6.92 Å². The highest BCUT2D eigenvalue weighted by Crippen LogP contribution is 2.45. The monoisotopic (exact) mass is 219 g/mol. The third-order valence-corrected chi connectivity index (χ3v) is 2.83. The first-order valence-corrected chi connectivity index (χ1v) is 5.77. The van der Waals surface area contributed by atoms with Crippen LogP contribution in [0.5, 0.6) is 5.75 Å². The molecule has 0 aliphatic heterocycles. The quantitative estimate of drug-likeness (QED) is 0.625. The van der Waals surface area contributed by atoms with Crippen molar-refractivity contribution in [2.45, 2.75) is 32.1 Å². The van der Waals surface area contributed by atoms with E-state index in [2.05, 4.69) is 11.4 Å². The van der Waals surface area contributed by atoms with E-state index in [1.807, 2.05) is 19.2 Å². The van der Waals surface area contributed by atoms with E-state index in [0.717, 1.165) is 17.0 Å². The fourth-order valence-electron chi connectivity index (χ4n) is 1.71. The van der Waals surface area contributed by atoms with E-state index in [1.54, 1.807) is 6.92 Å². The molecule has 1 aromatic rings. The van der Waals surface area contributed by atoms with Gasteiger partial charge in [0.2, 0.25) is 0 Å². The second-order valence-electron chi connectivity index (χ2n) is 4.10. The average Bonchev–Trinajstić information content (AvgIpc) is 3.13. The lowest BCUT2D eigenvalue weighted by Crippen LogP contribution is -2.07. The number of benzene rings is 1. The molecule has 0 atom stereocenters. The van der Waals surface area contributed by atoms with Crippen molar-refractivity contribution >= 4 is 11.7 Å². The summed E-state index contributed by atoms with van der Waals surface area (Å²) >= 11 is 0. The molecule has 1 aromatic carbocycles. The van der Waals surface area contributed by atoms with E-state index >= 15 is 0 Å². The highest BCUT2D eigenvalue weighted by atomic mass is 16.5. The van der Waals surface area contributed by atoms with Crippen molar-refractivity contribution in [2.75, 3.05) is 12.4 Å². The number of hydrogen-bond donors (Lipinski definition) is 1. The van der Waals surface area contributed by atoms with Crippen molar-refractivity contribution in [1.82, 2.24) is 0 Å². The predicted molar refractivity (Wildman–Crippen MR) is 63.9 cm³/mol. The maximum Gasteiger partial charge on any atom is 0.310 e. The van der Waals surface area contributed by atoms with Crippen LogP contribution in [0.2, 0.25) is 0 Å². The first-order chi connectivity index (χ1) is 7.74. The van der Waals surface area contributed by atoms with Gasteiger partial charge in [0.25, 0.3) is 0 Å². The van der Waals surface area contributed by atoms with Gasteiger partial charge < -0.3 is 10.1 Å². The Labute approximate surface area is 95.8 Å². The van der Waals surface area contributed by atoms with Crippen LogP contribution < -0.4 is 10.1 Å². The van der Waals surface area contributed by atoms with Gasteiger partial charge in [0, 0.05) is 24.7 Å². The van der Waals surface area contributed by atoms with Gasteiger partial charge in [-0.3, -0.25) is 4.79 Å². The van der Waals surface area contributed by atoms with Crippen LogP contribution in [-0.4, -0.2) is 13.0 Å². The molecule has 3 heteroatoms. The standard InChI is InChI=1S/C13H17NO2/c1-3-13(15)16-12-7-6-10(14-2)8-11(12)9-4-5-9/h6-9,14H,3-5H2,1-2H3. The lowest BCUT2D eigenvalue weighted by Gasteiger charge is -2.10. The topological polar surface area (TPSA) is 38.3 Å². The van der Waals surface area contributed by atoms with E-state index < -0.39 is 0 Å². The summed E-state index contributed by atoms with van der Waals surface area (Å²) < 4.78 is 5.33. The number of rotatable bonds is 4. The molecule has 0 aromatic heterocycles. The molecule has 1 fully saturated rings. The van der Waals surface area contributed by atoms with E-state index in [-0.39, 0.29) is 5.97 Å². The molecule has 86 valence electrons. The Morgan fingerprint density at radius 3 is 2.81 bits per heavy atom. The molecule has 3 nitrogen and oxygen atoms in total. The van der Waals surface area contributed by atoms with Crippen LogP contribution in [-0.2, 0) is 4.79 Å². The third kappa shape index (κ3) is 2.35. The van der Waals surface area contributed by atoms with Crippen molar-refractivity contribution in [3.8, 4) is 5.75 Å². The molecular weight excluding hydrogens is 202 g/mol. The molecular formula is C13H17NO2. The predicted octanol–water partition coefficient (Wildman–Crippen LogP) is 2.92. The first-order valence-electron chi connectivity index (χ1n) is 5.77. The minimum absolute atomic E-state index is 0.167. The van der Waals surface area contributed by atoms with Gasteiger partial charge in [0.15, 0.2) is 0 Å². The fourth-order valence-corrected chi connectivity index (χ4v) is 1.71. The Kier molecular flexibility index (Phi) is 3.13. The zero-order chi connectivity index (χ0) is 11.5. The Bertz CT molecular complexity index is 397. The number of esters is 1. The SMILES string of the molecule is CCC(=O)Oc1ccc(NC)cc1C1CC1. The molecule has 1 aliphatic carbocycles. The molecule has 16 heavy (non-hydrogen) atoms. The summed E-state index contributed by atoms with van der Waals surface area (Å²) in [6.45, 7) is 1.81. The fraction of sp³-hybridized carbons (Fsp3) is 0.462. The molecule has 1 N–H and O–H groups in total. The van der Waals surface area contributed by atoms with Gasteiger partial charge in [-0.2, -0.15) is 0 Å². The minimum Gasteiger partial charge on any atom is -0.426 e. The zero-order valence-corrected chi connectivity index (χ0v) is 9.75. The van der Waals surface area contributed by atoms with E-state index in [4.69, 9.17) is 4.74 Å². The van der Waals surface area contributed by atoms with Crippen molar-refractivity contribution < 1.29 is 9.53 Å². The molecule has 0 bridgehead atoms. The van der Waals surface area contributed by atoms with Crippen LogP contribution in [0.25, 0.3) is 0 Å². The summed E-state index contributed by atoms with van der Waals surface area (Å²) in [5.41, 5.74) is 2.23. The maximum atomic E-state index is 11.3. The van der Waals surface area contributed by atoms with E-state index in [9.17, 15) is 4.79 Å². The minimum atomic E-state index is -0.167. The van der Waals surface area contributed by atoms with Crippen molar-refractivity contribution in [2.24, 2.45) is 0 Å². The van der Waals surface area contributed by atoms with Crippen LogP contribution in [0.1, 0.15) is 37.7 Å². The van der Waals surface area contributed by atoms with Crippen LogP contribution in [0, 0.1) is 0 Å². The summed E-state index contributed by atoms with van der Waals surface area (Å²) in [5.74, 6) is 1.14. The highest BCUT2D eigenvalue weighted by molar-refractivity contribution is 5.73. The lowest BCUT2D eigenvalue weighted by molar-refractivity contribution is -0.134. The molecule has 0 heterocycles. The van der Waals surface area contributed by atoms with Crippen molar-refractivity contribution in [3.05, 3.63) is 23.8 Å². The molecule has 0 amide bonds. The van der Waals surface area contributed by atoms with Gasteiger partial charge in [0.1, 0.15) is 5.75 Å². The van der Waals surface area contributed by atoms with Crippen LogP contribution >= 0.6 is 0 Å². The lowest BCUT2D eigenvalue weighted by atomic mass is 10.1. The molecule has 0 spiro atoms. The van der Waals surface area contributed by atoms with E-state index in [0.29, 0.717) is 12.3 Å². The van der Waals surface area contributed by atoms with Gasteiger partial charge in [0.05, 0.1) is 0 Å². The van der Waals surface area contributed by atoms with E-state index in [1.165, 1.54) is 12.8 Å². The second-order valence-corrected chi connectivity index (χ2v) is 4.10. The van der Waals surface area contributed by atoms with Crippen LogP contribution in [0.3, 0.4) is 0 Å². The van der Waals surface area contributed by atoms with Gasteiger partial charge in [-0.15, -0.1) is 0 Å². The normalized spacial score (nSPS) is 14.6. The number of anilines is 1. The molecule has 2 rings (SSSR count). The number of hydrogen-bond acceptors (Lipinski definition) is 3. The molecule has 0 saturated heterocycles. The second kappa shape index (κ2) is 4.56. The smallest absolute Gasteiger partial charge is 0.310 e. The summed E-state index contributed by atoms with van der Waals surface area (Å²) in [5, 5.41) is 3.10. The Balaban J connectivity index is 2.25. The molecule has 1 saturated carbocycles. The zero-order valence-electron chi connectivity index (χ0n) is 9.75. The average molecular weight is 219 g/mol. The number of nitrogens with one attached hydrogen (secondary N) is 1. The number of ether oxygens (including phenoxy) is 1. The maximum absolute atomic E-state index is 11.3. The van der Waals surface area contributed by atoms with Crippen LogP contribution in [0.15, 0.2) is 18.2 Å². The Morgan fingerprint density at radius 2 is 2.25 bits per heavy atom. The van der Waals surface area contributed by atoms with Gasteiger partial charge in [-0.25, -0.2) is 0 Å². The Morgan fingerprint density at radius 1 is 1.50 bits per heavy atom. The summed E-state index contributed by atoms with van der Waals surface area (Å²) in [6.07, 6.45) is 2.81. The third-order valence-electron chi connectivity index (χ3n) is 2.83. The van der Waals surface area contributed by atoms with Gasteiger partial charge >= 0.3 is 5.97 Å². The summed E-state index contributed by atoms with van der Waals surface area (Å²) in [4.78, 5) is 11.3. The van der Waals surface area contributed by atoms with Crippen molar-refractivity contribution in [3.63, 3.8) is 0 Å². The molecule has 1 aliphatic rings. The Hall–Kier alpha value is -1.51. The summed E-state index contributed by atoms with van der Waals surface area (Å²) in [7, 11) is 1.89. The molecule has 0 radical (unpaired) electrons. The highest BCUT2D eigenvalue weighted by Gasteiger charge is 2.27. The largest absolute Gasteiger partial charge is 0.426 e. The van der Waals surface area contributed by atoms with Gasteiger partial charge in [-0.05, 0) is 37.0 Å². The van der Waals surface area contributed by atoms with Crippen molar-refractivity contribution in [1.29, 1.82) is 0 Å². The first kappa shape index (κ1) is 11.0. The number of carbonyl (C=O) groups excluding carboxylic acids is 1. The molecule has 0 unspecified atom stereocenters. The number of carbonyl (C=O) groups is 1. The summed E-state index contributed by atoms with van der Waals surface area (Å²) in [6, 6.07) is 5.90.